The van der Waals surface area contributed by atoms with Crippen molar-refractivity contribution in [2.75, 3.05) is 31.5 Å². The zero-order valence-electron chi connectivity index (χ0n) is 12.7. The summed E-state index contributed by atoms with van der Waals surface area (Å²) in [6.07, 6.45) is 0.424. The SMILES string of the molecule is CCNC(=NCC(=O)Nc1ccccc1)N1CC[C@@H](O)C1.I. The van der Waals surface area contributed by atoms with E-state index >= 15 is 0 Å². The fourth-order valence-electron chi connectivity index (χ4n) is 2.23. The fourth-order valence-corrected chi connectivity index (χ4v) is 2.23. The monoisotopic (exact) mass is 418 g/mol. The van der Waals surface area contributed by atoms with Gasteiger partial charge in [-0.25, -0.2) is 4.99 Å². The molecule has 0 spiro atoms. The summed E-state index contributed by atoms with van der Waals surface area (Å²) in [6, 6.07) is 9.31. The highest BCUT2D eigenvalue weighted by Gasteiger charge is 2.22. The van der Waals surface area contributed by atoms with Crippen LogP contribution in [0.2, 0.25) is 0 Å². The van der Waals surface area contributed by atoms with Gasteiger partial charge in [-0.2, -0.15) is 0 Å². The molecule has 0 unspecified atom stereocenters. The van der Waals surface area contributed by atoms with E-state index in [0.29, 0.717) is 12.5 Å². The first-order valence-electron chi connectivity index (χ1n) is 7.25. The number of β-amino-alcohol motifs (C(OH)–C–C–N with tert-alkyl or cyclic N) is 1. The van der Waals surface area contributed by atoms with Gasteiger partial charge in [0.1, 0.15) is 6.54 Å². The van der Waals surface area contributed by atoms with Gasteiger partial charge in [-0.05, 0) is 25.5 Å². The third-order valence-electron chi connectivity index (χ3n) is 3.23. The van der Waals surface area contributed by atoms with E-state index in [4.69, 9.17) is 0 Å². The minimum atomic E-state index is -0.313. The zero-order chi connectivity index (χ0) is 15.1. The van der Waals surface area contributed by atoms with E-state index in [1.54, 1.807) is 0 Å². The Balaban J connectivity index is 0.00000242. The minimum absolute atomic E-state index is 0. The van der Waals surface area contributed by atoms with E-state index in [1.165, 1.54) is 0 Å². The van der Waals surface area contributed by atoms with Crippen LogP contribution in [0.3, 0.4) is 0 Å². The molecule has 1 aromatic rings. The number of rotatable bonds is 4. The summed E-state index contributed by atoms with van der Waals surface area (Å²) < 4.78 is 0. The fraction of sp³-hybridized carbons (Fsp3) is 0.467. The standard InChI is InChI=1S/C15H22N4O2.HI/c1-2-16-15(19-9-8-13(20)11-19)17-10-14(21)18-12-6-4-3-5-7-12;/h3-7,13,20H,2,8-11H2,1H3,(H,16,17)(H,18,21);1H/t13-;/m1./s1. The van der Waals surface area contributed by atoms with Gasteiger partial charge < -0.3 is 20.6 Å². The lowest BCUT2D eigenvalue weighted by molar-refractivity contribution is -0.114. The highest BCUT2D eigenvalue weighted by Crippen LogP contribution is 2.09. The van der Waals surface area contributed by atoms with Crippen molar-refractivity contribution >= 4 is 41.5 Å². The van der Waals surface area contributed by atoms with Crippen molar-refractivity contribution in [2.45, 2.75) is 19.4 Å². The first-order chi connectivity index (χ1) is 10.2. The molecule has 0 radical (unpaired) electrons. The topological polar surface area (TPSA) is 77.0 Å². The second kappa shape index (κ2) is 9.62. The second-order valence-corrected chi connectivity index (χ2v) is 4.97. The molecule has 7 heteroatoms. The van der Waals surface area contributed by atoms with Crippen LogP contribution in [0.1, 0.15) is 13.3 Å². The molecule has 1 atom stereocenters. The van der Waals surface area contributed by atoms with Crippen molar-refractivity contribution < 1.29 is 9.90 Å². The molecule has 0 bridgehead atoms. The number of hydrogen-bond acceptors (Lipinski definition) is 3. The van der Waals surface area contributed by atoms with E-state index < -0.39 is 0 Å². The van der Waals surface area contributed by atoms with E-state index in [2.05, 4.69) is 15.6 Å². The molecule has 6 nitrogen and oxygen atoms in total. The maximum Gasteiger partial charge on any atom is 0.246 e. The number of aliphatic hydroxyl groups is 1. The third kappa shape index (κ3) is 5.80. The van der Waals surface area contributed by atoms with E-state index in [1.807, 2.05) is 42.2 Å². The Morgan fingerprint density at radius 1 is 1.41 bits per heavy atom. The van der Waals surface area contributed by atoms with Crippen molar-refractivity contribution in [3.05, 3.63) is 30.3 Å². The van der Waals surface area contributed by atoms with Crippen LogP contribution in [0, 0.1) is 0 Å². The smallest absolute Gasteiger partial charge is 0.246 e. The zero-order valence-corrected chi connectivity index (χ0v) is 15.0. The van der Waals surface area contributed by atoms with Crippen LogP contribution >= 0.6 is 24.0 Å². The summed E-state index contributed by atoms with van der Waals surface area (Å²) in [4.78, 5) is 18.2. The lowest BCUT2D eigenvalue weighted by atomic mass is 10.3. The van der Waals surface area contributed by atoms with Crippen LogP contribution in [-0.4, -0.2) is 54.2 Å². The Morgan fingerprint density at radius 2 is 2.14 bits per heavy atom. The average molecular weight is 418 g/mol. The lowest BCUT2D eigenvalue weighted by Crippen LogP contribution is -2.41. The number of aliphatic hydroxyl groups excluding tert-OH is 1. The Labute approximate surface area is 148 Å². The van der Waals surface area contributed by atoms with Crippen molar-refractivity contribution in [2.24, 2.45) is 4.99 Å². The number of halogens is 1. The second-order valence-electron chi connectivity index (χ2n) is 4.97. The predicted octanol–water partition coefficient (Wildman–Crippen LogP) is 1.28. The van der Waals surface area contributed by atoms with Crippen LogP contribution in [0.15, 0.2) is 35.3 Å². The van der Waals surface area contributed by atoms with Crippen LogP contribution < -0.4 is 10.6 Å². The molecule has 22 heavy (non-hydrogen) atoms. The van der Waals surface area contributed by atoms with E-state index in [-0.39, 0.29) is 42.5 Å². The van der Waals surface area contributed by atoms with Crippen molar-refractivity contribution in [1.82, 2.24) is 10.2 Å². The first-order valence-corrected chi connectivity index (χ1v) is 7.25. The predicted molar refractivity (Wildman–Crippen MR) is 98.7 cm³/mol. The molecule has 1 aliphatic heterocycles. The average Bonchev–Trinajstić information content (AvgIpc) is 2.91. The molecule has 0 aromatic heterocycles. The molecule has 1 saturated heterocycles. The van der Waals surface area contributed by atoms with Gasteiger partial charge in [-0.3, -0.25) is 4.79 Å². The number of guanidine groups is 1. The van der Waals surface area contributed by atoms with E-state index in [0.717, 1.165) is 25.2 Å². The molecular formula is C15H23IN4O2. The number of carbonyl (C=O) groups excluding carboxylic acids is 1. The van der Waals surface area contributed by atoms with Gasteiger partial charge in [-0.1, -0.05) is 18.2 Å². The lowest BCUT2D eigenvalue weighted by Gasteiger charge is -2.20. The molecule has 1 aliphatic rings. The van der Waals surface area contributed by atoms with Crippen molar-refractivity contribution in [1.29, 1.82) is 0 Å². The van der Waals surface area contributed by atoms with Gasteiger partial charge in [0.2, 0.25) is 5.91 Å². The molecule has 122 valence electrons. The number of anilines is 1. The Hall–Kier alpha value is -1.35. The Kier molecular flexibility index (Phi) is 8.18. The minimum Gasteiger partial charge on any atom is -0.391 e. The van der Waals surface area contributed by atoms with Crippen molar-refractivity contribution in [3.63, 3.8) is 0 Å². The van der Waals surface area contributed by atoms with E-state index in [9.17, 15) is 9.90 Å². The third-order valence-corrected chi connectivity index (χ3v) is 3.23. The molecular weight excluding hydrogens is 395 g/mol. The first kappa shape index (κ1) is 18.7. The summed E-state index contributed by atoms with van der Waals surface area (Å²) in [6.45, 7) is 4.08. The van der Waals surface area contributed by atoms with Gasteiger partial charge >= 0.3 is 0 Å². The molecule has 1 aromatic carbocycles. The molecule has 0 saturated carbocycles. The number of likely N-dealkylation sites (tertiary alicyclic amines) is 1. The van der Waals surface area contributed by atoms with Crippen molar-refractivity contribution in [3.8, 4) is 0 Å². The highest BCUT2D eigenvalue weighted by atomic mass is 127. The van der Waals surface area contributed by atoms with Gasteiger partial charge in [0, 0.05) is 25.3 Å². The molecule has 0 aliphatic carbocycles. The summed E-state index contributed by atoms with van der Waals surface area (Å²) in [5, 5.41) is 15.5. The van der Waals surface area contributed by atoms with Crippen LogP contribution in [0.25, 0.3) is 0 Å². The summed E-state index contributed by atoms with van der Waals surface area (Å²) in [5.41, 5.74) is 0.763. The molecule has 1 heterocycles. The Morgan fingerprint density at radius 3 is 2.73 bits per heavy atom. The summed E-state index contributed by atoms with van der Waals surface area (Å²) >= 11 is 0. The van der Waals surface area contributed by atoms with Gasteiger partial charge in [-0.15, -0.1) is 24.0 Å². The molecule has 2 rings (SSSR count). The summed E-state index contributed by atoms with van der Waals surface area (Å²) in [7, 11) is 0. The maximum atomic E-state index is 11.9. The number of aliphatic imine (C=N–C) groups is 1. The quantitative estimate of drug-likeness (QED) is 0.391. The number of hydrogen-bond donors (Lipinski definition) is 3. The van der Waals surface area contributed by atoms with Gasteiger partial charge in [0.15, 0.2) is 5.96 Å². The number of benzene rings is 1. The summed E-state index contributed by atoms with van der Waals surface area (Å²) in [5.74, 6) is 0.522. The largest absolute Gasteiger partial charge is 0.391 e. The number of para-hydroxylation sites is 1. The molecule has 3 N–H and O–H groups in total. The maximum absolute atomic E-state index is 11.9. The number of nitrogens with one attached hydrogen (secondary N) is 2. The Bertz CT molecular complexity index is 496. The van der Waals surface area contributed by atoms with Crippen LogP contribution in [-0.2, 0) is 4.79 Å². The van der Waals surface area contributed by atoms with Gasteiger partial charge in [0.25, 0.3) is 0 Å². The number of nitrogens with zero attached hydrogens (tertiary/aromatic N) is 2. The normalized spacial score (nSPS) is 17.8. The van der Waals surface area contributed by atoms with Crippen LogP contribution in [0.4, 0.5) is 5.69 Å². The van der Waals surface area contributed by atoms with Crippen LogP contribution in [0.5, 0.6) is 0 Å². The highest BCUT2D eigenvalue weighted by molar-refractivity contribution is 14.0. The number of amides is 1. The van der Waals surface area contributed by atoms with Gasteiger partial charge in [0.05, 0.1) is 6.10 Å². The number of carbonyl (C=O) groups is 1. The molecule has 1 amide bonds. The molecule has 1 fully saturated rings.